The molecular formula is C11H12F3N3O4. The minimum absolute atomic E-state index is 0.0337. The number of amides is 2. The summed E-state index contributed by atoms with van der Waals surface area (Å²) in [5.74, 6) is -1.34. The van der Waals surface area contributed by atoms with Gasteiger partial charge in [-0.1, -0.05) is 0 Å². The molecule has 0 spiro atoms. The van der Waals surface area contributed by atoms with Gasteiger partial charge < -0.3 is 20.8 Å². The smallest absolute Gasteiger partial charge is 0.433 e. The number of carboxylic acid groups (broad SMARTS) is 1. The van der Waals surface area contributed by atoms with Crippen molar-refractivity contribution in [2.75, 3.05) is 11.9 Å². The number of carbonyl (C=O) groups is 2. The zero-order valence-corrected chi connectivity index (χ0v) is 10.5. The van der Waals surface area contributed by atoms with Crippen molar-refractivity contribution < 1.29 is 33.0 Å². The van der Waals surface area contributed by atoms with Crippen LogP contribution in [0, 0.1) is 0 Å². The molecule has 1 atom stereocenters. The molecule has 0 radical (unpaired) electrons. The number of aliphatic carboxylic acids is 1. The highest BCUT2D eigenvalue weighted by molar-refractivity contribution is 5.92. The molecule has 4 N–H and O–H groups in total. The number of nitrogens with zero attached hydrogens (tertiary/aromatic N) is 1. The molecule has 1 heterocycles. The highest BCUT2D eigenvalue weighted by Gasteiger charge is 2.32. The van der Waals surface area contributed by atoms with Crippen LogP contribution in [0.25, 0.3) is 0 Å². The Balaban J connectivity index is 2.64. The van der Waals surface area contributed by atoms with Crippen molar-refractivity contribution in [3.63, 3.8) is 0 Å². The molecular weight excluding hydrogens is 295 g/mol. The van der Waals surface area contributed by atoms with E-state index in [2.05, 4.69) is 15.6 Å². The van der Waals surface area contributed by atoms with Crippen LogP contribution in [0.3, 0.4) is 0 Å². The molecule has 0 aliphatic heterocycles. The largest absolute Gasteiger partial charge is 0.480 e. The molecule has 116 valence electrons. The molecule has 0 aromatic carbocycles. The molecule has 0 aliphatic carbocycles. The monoisotopic (exact) mass is 307 g/mol. The van der Waals surface area contributed by atoms with Crippen molar-refractivity contribution in [3.8, 4) is 0 Å². The van der Waals surface area contributed by atoms with Gasteiger partial charge in [-0.2, -0.15) is 13.2 Å². The standard InChI is InChI=1S/C11H12F3N3O4/c12-11(13,14)8-2-1-6(5-15-8)16-10(21)17-7(3-4-18)9(19)20/h1-2,5,7,18H,3-4H2,(H,19,20)(H2,16,17,21)/t7-/m1/s1. The van der Waals surface area contributed by atoms with E-state index >= 15 is 0 Å². The zero-order chi connectivity index (χ0) is 16.0. The lowest BCUT2D eigenvalue weighted by Gasteiger charge is -2.14. The van der Waals surface area contributed by atoms with Crippen LogP contribution in [0.5, 0.6) is 0 Å². The lowest BCUT2D eigenvalue weighted by molar-refractivity contribution is -0.141. The normalized spacial score (nSPS) is 12.6. The maximum absolute atomic E-state index is 12.3. The number of nitrogens with one attached hydrogen (secondary N) is 2. The van der Waals surface area contributed by atoms with E-state index in [-0.39, 0.29) is 12.1 Å². The number of anilines is 1. The third-order valence-electron chi connectivity index (χ3n) is 2.33. The van der Waals surface area contributed by atoms with E-state index < -0.39 is 36.5 Å². The number of hydrogen-bond donors (Lipinski definition) is 4. The van der Waals surface area contributed by atoms with Gasteiger partial charge in [0.05, 0.1) is 11.9 Å². The average molecular weight is 307 g/mol. The topological polar surface area (TPSA) is 112 Å². The van der Waals surface area contributed by atoms with Crippen molar-refractivity contribution >= 4 is 17.7 Å². The Morgan fingerprint density at radius 2 is 2.00 bits per heavy atom. The van der Waals surface area contributed by atoms with E-state index in [9.17, 15) is 22.8 Å². The predicted molar refractivity (Wildman–Crippen MR) is 64.5 cm³/mol. The van der Waals surface area contributed by atoms with Gasteiger partial charge in [-0.05, 0) is 12.1 Å². The van der Waals surface area contributed by atoms with E-state index in [4.69, 9.17) is 10.2 Å². The summed E-state index contributed by atoms with van der Waals surface area (Å²) >= 11 is 0. The molecule has 10 heteroatoms. The number of carbonyl (C=O) groups excluding carboxylic acids is 1. The number of carboxylic acids is 1. The Bertz CT molecular complexity index is 504. The van der Waals surface area contributed by atoms with Crippen molar-refractivity contribution in [1.82, 2.24) is 10.3 Å². The number of aromatic nitrogens is 1. The number of halogens is 3. The minimum Gasteiger partial charge on any atom is -0.480 e. The fourth-order valence-electron chi connectivity index (χ4n) is 1.35. The van der Waals surface area contributed by atoms with E-state index in [1.807, 2.05) is 0 Å². The van der Waals surface area contributed by atoms with Crippen LogP contribution in [0.4, 0.5) is 23.7 Å². The van der Waals surface area contributed by atoms with E-state index in [1.165, 1.54) is 0 Å². The van der Waals surface area contributed by atoms with Crippen LogP contribution in [-0.4, -0.2) is 39.8 Å². The van der Waals surface area contributed by atoms with Crippen molar-refractivity contribution in [2.45, 2.75) is 18.6 Å². The van der Waals surface area contributed by atoms with Gasteiger partial charge in [0.2, 0.25) is 0 Å². The molecule has 1 aromatic rings. The third-order valence-corrected chi connectivity index (χ3v) is 2.33. The summed E-state index contributed by atoms with van der Waals surface area (Å²) < 4.78 is 36.8. The quantitative estimate of drug-likeness (QED) is 0.650. The van der Waals surface area contributed by atoms with Crippen LogP contribution >= 0.6 is 0 Å². The van der Waals surface area contributed by atoms with Gasteiger partial charge in [0, 0.05) is 13.0 Å². The summed E-state index contributed by atoms with van der Waals surface area (Å²) in [6.45, 7) is -0.445. The van der Waals surface area contributed by atoms with E-state index in [0.29, 0.717) is 6.07 Å². The molecule has 1 aromatic heterocycles. The van der Waals surface area contributed by atoms with Crippen LogP contribution < -0.4 is 10.6 Å². The molecule has 0 bridgehead atoms. The predicted octanol–water partition coefficient (Wildman–Crippen LogP) is 1.06. The number of hydrogen-bond acceptors (Lipinski definition) is 4. The van der Waals surface area contributed by atoms with Crippen LogP contribution in [-0.2, 0) is 11.0 Å². The molecule has 2 amide bonds. The van der Waals surface area contributed by atoms with Crippen LogP contribution in [0.1, 0.15) is 12.1 Å². The lowest BCUT2D eigenvalue weighted by Crippen LogP contribution is -2.43. The van der Waals surface area contributed by atoms with Gasteiger partial charge in [0.1, 0.15) is 11.7 Å². The van der Waals surface area contributed by atoms with Gasteiger partial charge >= 0.3 is 18.2 Å². The number of rotatable bonds is 5. The van der Waals surface area contributed by atoms with Gasteiger partial charge in [-0.25, -0.2) is 14.6 Å². The lowest BCUT2D eigenvalue weighted by atomic mass is 10.2. The Hall–Kier alpha value is -2.36. The first-order chi connectivity index (χ1) is 9.74. The molecule has 0 fully saturated rings. The number of aliphatic hydroxyl groups is 1. The third kappa shape index (κ3) is 5.26. The molecule has 0 saturated heterocycles. The number of urea groups is 1. The molecule has 0 saturated carbocycles. The van der Waals surface area contributed by atoms with Crippen LogP contribution in [0.15, 0.2) is 18.3 Å². The summed E-state index contributed by atoms with van der Waals surface area (Å²) in [5, 5.41) is 21.6. The van der Waals surface area contributed by atoms with E-state index in [1.54, 1.807) is 0 Å². The Labute approximate surface area is 116 Å². The Morgan fingerprint density at radius 3 is 2.43 bits per heavy atom. The number of alkyl halides is 3. The summed E-state index contributed by atoms with van der Waals surface area (Å²) in [5.41, 5.74) is -1.15. The van der Waals surface area contributed by atoms with Crippen molar-refractivity contribution in [3.05, 3.63) is 24.0 Å². The van der Waals surface area contributed by atoms with E-state index in [0.717, 1.165) is 12.3 Å². The molecule has 1 rings (SSSR count). The van der Waals surface area contributed by atoms with Crippen LogP contribution in [0.2, 0.25) is 0 Å². The summed E-state index contributed by atoms with van der Waals surface area (Å²) in [6.07, 6.45) is -3.99. The summed E-state index contributed by atoms with van der Waals surface area (Å²) in [7, 11) is 0. The van der Waals surface area contributed by atoms with Gasteiger partial charge in [0.15, 0.2) is 0 Å². The van der Waals surface area contributed by atoms with Gasteiger partial charge in [-0.3, -0.25) is 0 Å². The fourth-order valence-corrected chi connectivity index (χ4v) is 1.35. The highest BCUT2D eigenvalue weighted by atomic mass is 19.4. The molecule has 0 aliphatic rings. The molecule has 0 unspecified atom stereocenters. The fraction of sp³-hybridized carbons (Fsp3) is 0.364. The first kappa shape index (κ1) is 16.7. The zero-order valence-electron chi connectivity index (χ0n) is 10.5. The first-order valence-corrected chi connectivity index (χ1v) is 5.68. The Kier molecular flexibility index (Phi) is 5.47. The minimum atomic E-state index is -4.59. The first-order valence-electron chi connectivity index (χ1n) is 5.68. The Morgan fingerprint density at radius 1 is 1.33 bits per heavy atom. The summed E-state index contributed by atoms with van der Waals surface area (Å²) in [6, 6.07) is -0.579. The molecule has 7 nitrogen and oxygen atoms in total. The van der Waals surface area contributed by atoms with Crippen molar-refractivity contribution in [1.29, 1.82) is 0 Å². The van der Waals surface area contributed by atoms with Gasteiger partial charge in [-0.15, -0.1) is 0 Å². The molecule has 21 heavy (non-hydrogen) atoms. The number of aliphatic hydroxyl groups excluding tert-OH is 1. The average Bonchev–Trinajstić information content (AvgIpc) is 2.37. The summed E-state index contributed by atoms with van der Waals surface area (Å²) in [4.78, 5) is 25.3. The number of pyridine rings is 1. The van der Waals surface area contributed by atoms with Crippen molar-refractivity contribution in [2.24, 2.45) is 0 Å². The second-order valence-electron chi connectivity index (χ2n) is 3.93. The maximum atomic E-state index is 12.3. The second-order valence-corrected chi connectivity index (χ2v) is 3.93. The second kappa shape index (κ2) is 6.88. The maximum Gasteiger partial charge on any atom is 0.433 e. The SMILES string of the molecule is O=C(Nc1ccc(C(F)(F)F)nc1)N[C@H](CCO)C(=O)O. The van der Waals surface area contributed by atoms with Gasteiger partial charge in [0.25, 0.3) is 0 Å². The highest BCUT2D eigenvalue weighted by Crippen LogP contribution is 2.27.